The molecule has 1 N–H and O–H groups in total. The highest BCUT2D eigenvalue weighted by molar-refractivity contribution is 5.85. The van der Waals surface area contributed by atoms with Gasteiger partial charge in [0.2, 0.25) is 0 Å². The van der Waals surface area contributed by atoms with Gasteiger partial charge in [-0.05, 0) is 76.5 Å². The first-order valence-corrected chi connectivity index (χ1v) is 7.90. The summed E-state index contributed by atoms with van der Waals surface area (Å²) >= 11 is 0. The van der Waals surface area contributed by atoms with Crippen molar-refractivity contribution in [2.45, 2.75) is 32.7 Å². The lowest BCUT2D eigenvalue weighted by atomic mass is 9.93. The maximum atomic E-state index is 5.48. The van der Waals surface area contributed by atoms with Gasteiger partial charge in [0, 0.05) is 6.54 Å². The molecular weight excluding hydrogens is 284 g/mol. The van der Waals surface area contributed by atoms with Crippen LogP contribution >= 0.6 is 12.4 Å². The first-order chi connectivity index (χ1) is 9.81. The number of piperidine rings is 1. The van der Waals surface area contributed by atoms with Gasteiger partial charge in [-0.2, -0.15) is 0 Å². The number of nitrogens with zero attached hydrogens (tertiary/aromatic N) is 1. The lowest BCUT2D eigenvalue weighted by Crippen LogP contribution is -2.34. The Morgan fingerprint density at radius 3 is 2.43 bits per heavy atom. The molecule has 1 saturated heterocycles. The molecule has 1 aromatic carbocycles. The average Bonchev–Trinajstić information content (AvgIpc) is 2.49. The molecule has 1 aliphatic heterocycles. The second-order valence-electron chi connectivity index (χ2n) is 5.69. The lowest BCUT2D eigenvalue weighted by Gasteiger charge is -2.32. The van der Waals surface area contributed by atoms with Crippen LogP contribution in [0.25, 0.3) is 0 Å². The third-order valence-corrected chi connectivity index (χ3v) is 4.15. The van der Waals surface area contributed by atoms with Gasteiger partial charge < -0.3 is 10.1 Å². The van der Waals surface area contributed by atoms with Gasteiger partial charge in [-0.15, -0.1) is 12.4 Å². The summed E-state index contributed by atoms with van der Waals surface area (Å²) in [6.45, 7) is 7.46. The summed E-state index contributed by atoms with van der Waals surface area (Å²) < 4.78 is 5.48. The summed E-state index contributed by atoms with van der Waals surface area (Å²) in [5.74, 6) is 1.89. The van der Waals surface area contributed by atoms with Crippen molar-refractivity contribution >= 4 is 12.4 Å². The Morgan fingerprint density at radius 1 is 1.19 bits per heavy atom. The molecule has 0 saturated carbocycles. The van der Waals surface area contributed by atoms with Crippen LogP contribution in [0.15, 0.2) is 24.3 Å². The summed E-state index contributed by atoms with van der Waals surface area (Å²) in [5, 5.41) is 3.26. The number of ether oxygens (including phenoxy) is 1. The molecule has 0 amide bonds. The summed E-state index contributed by atoms with van der Waals surface area (Å²) in [5.41, 5.74) is 1.39. The lowest BCUT2D eigenvalue weighted by molar-refractivity contribution is 0.172. The van der Waals surface area contributed by atoms with Crippen LogP contribution in [0.1, 0.15) is 31.7 Å². The van der Waals surface area contributed by atoms with E-state index in [2.05, 4.69) is 34.5 Å². The van der Waals surface area contributed by atoms with E-state index in [0.717, 1.165) is 31.4 Å². The molecule has 0 bridgehead atoms. The fourth-order valence-electron chi connectivity index (χ4n) is 2.90. The summed E-state index contributed by atoms with van der Waals surface area (Å²) in [6, 6.07) is 8.55. The Bertz CT molecular complexity index is 375. The number of benzene rings is 1. The quantitative estimate of drug-likeness (QED) is 0.836. The van der Waals surface area contributed by atoms with Gasteiger partial charge in [0.05, 0.1) is 6.61 Å². The highest BCUT2D eigenvalue weighted by Crippen LogP contribution is 2.22. The Labute approximate surface area is 135 Å². The highest BCUT2D eigenvalue weighted by atomic mass is 35.5. The minimum absolute atomic E-state index is 0. The summed E-state index contributed by atoms with van der Waals surface area (Å²) in [4.78, 5) is 2.57. The molecule has 0 unspecified atom stereocenters. The predicted molar refractivity (Wildman–Crippen MR) is 91.4 cm³/mol. The van der Waals surface area contributed by atoms with Gasteiger partial charge in [-0.3, -0.25) is 4.90 Å². The van der Waals surface area contributed by atoms with E-state index in [9.17, 15) is 0 Å². The van der Waals surface area contributed by atoms with E-state index in [4.69, 9.17) is 4.74 Å². The maximum Gasteiger partial charge on any atom is 0.119 e. The Morgan fingerprint density at radius 2 is 1.86 bits per heavy atom. The fourth-order valence-corrected chi connectivity index (χ4v) is 2.90. The van der Waals surface area contributed by atoms with E-state index >= 15 is 0 Å². The van der Waals surface area contributed by atoms with Crippen LogP contribution in [0, 0.1) is 5.92 Å². The van der Waals surface area contributed by atoms with E-state index in [-0.39, 0.29) is 12.4 Å². The van der Waals surface area contributed by atoms with Gasteiger partial charge in [-0.25, -0.2) is 0 Å². The van der Waals surface area contributed by atoms with Crippen LogP contribution in [0.5, 0.6) is 5.75 Å². The van der Waals surface area contributed by atoms with E-state index in [1.807, 2.05) is 14.0 Å². The van der Waals surface area contributed by atoms with E-state index in [0.29, 0.717) is 0 Å². The smallest absolute Gasteiger partial charge is 0.119 e. The van der Waals surface area contributed by atoms with Crippen molar-refractivity contribution in [3.8, 4) is 5.75 Å². The van der Waals surface area contributed by atoms with Crippen LogP contribution in [0.3, 0.4) is 0 Å². The molecule has 1 aliphatic rings. The summed E-state index contributed by atoms with van der Waals surface area (Å²) in [6.07, 6.45) is 4.02. The number of rotatable bonds is 7. The minimum atomic E-state index is 0. The van der Waals surface area contributed by atoms with Crippen molar-refractivity contribution in [3.05, 3.63) is 29.8 Å². The normalized spacial score (nSPS) is 16.5. The largest absolute Gasteiger partial charge is 0.494 e. The van der Waals surface area contributed by atoms with Crippen LogP contribution < -0.4 is 10.1 Å². The van der Waals surface area contributed by atoms with Crippen molar-refractivity contribution < 1.29 is 4.74 Å². The first kappa shape index (κ1) is 18.3. The minimum Gasteiger partial charge on any atom is -0.494 e. The molecule has 1 aromatic rings. The van der Waals surface area contributed by atoms with E-state index in [1.165, 1.54) is 37.9 Å². The molecule has 2 rings (SSSR count). The molecule has 1 heterocycles. The predicted octanol–water partition coefficient (Wildman–Crippen LogP) is 3.33. The molecule has 0 aromatic heterocycles. The number of nitrogens with one attached hydrogen (secondary N) is 1. The maximum absolute atomic E-state index is 5.48. The van der Waals surface area contributed by atoms with Crippen molar-refractivity contribution in [3.63, 3.8) is 0 Å². The van der Waals surface area contributed by atoms with Crippen LogP contribution in [0.2, 0.25) is 0 Å². The zero-order valence-electron chi connectivity index (χ0n) is 13.3. The highest BCUT2D eigenvalue weighted by Gasteiger charge is 2.18. The second-order valence-corrected chi connectivity index (χ2v) is 5.69. The monoisotopic (exact) mass is 312 g/mol. The van der Waals surface area contributed by atoms with Gasteiger partial charge in [0.1, 0.15) is 5.75 Å². The number of hydrogen-bond donors (Lipinski definition) is 1. The van der Waals surface area contributed by atoms with Crippen molar-refractivity contribution in [2.24, 2.45) is 5.92 Å². The molecule has 4 heteroatoms. The van der Waals surface area contributed by atoms with Gasteiger partial charge >= 0.3 is 0 Å². The number of hydrogen-bond acceptors (Lipinski definition) is 3. The van der Waals surface area contributed by atoms with Gasteiger partial charge in [0.25, 0.3) is 0 Å². The van der Waals surface area contributed by atoms with Gasteiger partial charge in [0.15, 0.2) is 0 Å². The standard InChI is InChI=1S/C17H28N2O.ClH/c1-3-20-17-6-4-16(5-7-17)14-19-12-9-15(10-13-19)8-11-18-2;/h4-7,15,18H,3,8-14H2,1-2H3;1H. The topological polar surface area (TPSA) is 24.5 Å². The summed E-state index contributed by atoms with van der Waals surface area (Å²) in [7, 11) is 2.04. The zero-order valence-corrected chi connectivity index (χ0v) is 14.1. The van der Waals surface area contributed by atoms with Crippen LogP contribution in [0.4, 0.5) is 0 Å². The number of likely N-dealkylation sites (tertiary alicyclic amines) is 1. The molecule has 0 spiro atoms. The molecule has 120 valence electrons. The van der Waals surface area contributed by atoms with E-state index in [1.54, 1.807) is 0 Å². The molecule has 21 heavy (non-hydrogen) atoms. The van der Waals surface area contributed by atoms with Crippen molar-refractivity contribution in [1.82, 2.24) is 10.2 Å². The molecule has 0 atom stereocenters. The third kappa shape index (κ3) is 6.25. The molecule has 3 nitrogen and oxygen atoms in total. The SMILES string of the molecule is CCOc1ccc(CN2CCC(CCNC)CC2)cc1.Cl. The van der Waals surface area contributed by atoms with Crippen LogP contribution in [-0.4, -0.2) is 38.2 Å². The Balaban J connectivity index is 0.00000220. The van der Waals surface area contributed by atoms with E-state index < -0.39 is 0 Å². The second kappa shape index (κ2) is 10.0. The third-order valence-electron chi connectivity index (χ3n) is 4.15. The van der Waals surface area contributed by atoms with Crippen molar-refractivity contribution in [1.29, 1.82) is 0 Å². The molecule has 0 radical (unpaired) electrons. The molecular formula is C17H29ClN2O. The molecule has 1 fully saturated rings. The van der Waals surface area contributed by atoms with Gasteiger partial charge in [-0.1, -0.05) is 12.1 Å². The molecule has 0 aliphatic carbocycles. The zero-order chi connectivity index (χ0) is 14.2. The Kier molecular flexibility index (Phi) is 8.74. The average molecular weight is 313 g/mol. The first-order valence-electron chi connectivity index (χ1n) is 7.90. The fraction of sp³-hybridized carbons (Fsp3) is 0.647. The number of halogens is 1. The van der Waals surface area contributed by atoms with Crippen LogP contribution in [-0.2, 0) is 6.54 Å². The Hall–Kier alpha value is -0.770. The van der Waals surface area contributed by atoms with Crippen molar-refractivity contribution in [2.75, 3.05) is 33.3 Å².